The van der Waals surface area contributed by atoms with Crippen molar-refractivity contribution in [2.45, 2.75) is 20.8 Å². The summed E-state index contributed by atoms with van der Waals surface area (Å²) in [6.07, 6.45) is 0. The lowest BCUT2D eigenvalue weighted by atomic mass is 10.1. The Morgan fingerprint density at radius 1 is 0.938 bits per heavy atom. The Bertz CT molecular complexity index is 695. The Balaban J connectivity index is 2.55. The van der Waals surface area contributed by atoms with Crippen LogP contribution in [0.4, 0.5) is 0 Å². The van der Waals surface area contributed by atoms with E-state index in [1.807, 2.05) is 13.0 Å². The fraction of sp³-hybridized carbons (Fsp3) is 0.214. The average molecular weight is 211 g/mol. The van der Waals surface area contributed by atoms with Crippen LogP contribution in [0.2, 0.25) is 0 Å². The van der Waals surface area contributed by atoms with Gasteiger partial charge in [0.15, 0.2) is 0 Å². The summed E-state index contributed by atoms with van der Waals surface area (Å²) in [5.41, 5.74) is 5.15. The zero-order valence-electron chi connectivity index (χ0n) is 9.66. The highest BCUT2D eigenvalue weighted by Gasteiger charge is 2.10. The summed E-state index contributed by atoms with van der Waals surface area (Å²) in [7, 11) is 0. The SMILES string of the molecule is Cc1ccc2c(n1)oc1c(C)c(C)ccc12. The van der Waals surface area contributed by atoms with Gasteiger partial charge in [-0.1, -0.05) is 12.1 Å². The largest absolute Gasteiger partial charge is 0.437 e. The molecule has 3 aromatic rings. The van der Waals surface area contributed by atoms with E-state index in [-0.39, 0.29) is 0 Å². The van der Waals surface area contributed by atoms with Gasteiger partial charge in [-0.15, -0.1) is 0 Å². The molecule has 2 heterocycles. The Morgan fingerprint density at radius 3 is 2.50 bits per heavy atom. The van der Waals surface area contributed by atoms with Gasteiger partial charge in [0.05, 0.1) is 0 Å². The van der Waals surface area contributed by atoms with Crippen LogP contribution in [0.5, 0.6) is 0 Å². The van der Waals surface area contributed by atoms with E-state index in [1.165, 1.54) is 11.1 Å². The number of rotatable bonds is 0. The number of aryl methyl sites for hydroxylation is 3. The third-order valence-corrected chi connectivity index (χ3v) is 3.17. The number of fused-ring (bicyclic) bond motifs is 3. The molecule has 0 amide bonds. The summed E-state index contributed by atoms with van der Waals surface area (Å²) < 4.78 is 5.83. The first-order valence-electron chi connectivity index (χ1n) is 5.43. The van der Waals surface area contributed by atoms with Crippen LogP contribution >= 0.6 is 0 Å². The Hall–Kier alpha value is -1.83. The van der Waals surface area contributed by atoms with Crippen LogP contribution in [0.3, 0.4) is 0 Å². The van der Waals surface area contributed by atoms with Gasteiger partial charge in [-0.2, -0.15) is 0 Å². The lowest BCUT2D eigenvalue weighted by Crippen LogP contribution is -1.79. The average Bonchev–Trinajstić information content (AvgIpc) is 2.62. The second-order valence-electron chi connectivity index (χ2n) is 4.29. The number of hydrogen-bond donors (Lipinski definition) is 0. The topological polar surface area (TPSA) is 26.0 Å². The van der Waals surface area contributed by atoms with Gasteiger partial charge in [0.1, 0.15) is 5.58 Å². The van der Waals surface area contributed by atoms with Crippen LogP contribution in [0.15, 0.2) is 28.7 Å². The van der Waals surface area contributed by atoms with Crippen molar-refractivity contribution in [1.29, 1.82) is 0 Å². The van der Waals surface area contributed by atoms with Crippen LogP contribution in [0.25, 0.3) is 22.1 Å². The molecule has 0 N–H and O–H groups in total. The minimum atomic E-state index is 0.740. The van der Waals surface area contributed by atoms with Gasteiger partial charge < -0.3 is 4.42 Å². The number of aromatic nitrogens is 1. The van der Waals surface area contributed by atoms with Crippen molar-refractivity contribution in [1.82, 2.24) is 4.98 Å². The molecule has 0 saturated carbocycles. The molecule has 2 heteroatoms. The van der Waals surface area contributed by atoms with E-state index in [2.05, 4.69) is 37.0 Å². The van der Waals surface area contributed by atoms with Gasteiger partial charge in [0.25, 0.3) is 0 Å². The lowest BCUT2D eigenvalue weighted by Gasteiger charge is -1.98. The first-order valence-corrected chi connectivity index (χ1v) is 5.43. The van der Waals surface area contributed by atoms with Crippen LogP contribution in [-0.4, -0.2) is 4.98 Å². The molecular formula is C14H13NO. The number of furan rings is 1. The molecular weight excluding hydrogens is 198 g/mol. The van der Waals surface area contributed by atoms with Gasteiger partial charge in [0, 0.05) is 16.5 Å². The maximum absolute atomic E-state index is 5.83. The first kappa shape index (κ1) is 9.40. The molecule has 0 saturated heterocycles. The Labute approximate surface area is 93.9 Å². The summed E-state index contributed by atoms with van der Waals surface area (Å²) in [6, 6.07) is 8.34. The van der Waals surface area contributed by atoms with Crippen LogP contribution in [-0.2, 0) is 0 Å². The Morgan fingerprint density at radius 2 is 1.69 bits per heavy atom. The monoisotopic (exact) mass is 211 g/mol. The molecule has 0 spiro atoms. The molecule has 0 fully saturated rings. The maximum Gasteiger partial charge on any atom is 0.227 e. The fourth-order valence-electron chi connectivity index (χ4n) is 2.05. The fourth-order valence-corrected chi connectivity index (χ4v) is 2.05. The van der Waals surface area contributed by atoms with Crippen molar-refractivity contribution in [3.63, 3.8) is 0 Å². The third-order valence-electron chi connectivity index (χ3n) is 3.17. The van der Waals surface area contributed by atoms with Crippen molar-refractivity contribution in [3.8, 4) is 0 Å². The molecule has 0 aliphatic heterocycles. The van der Waals surface area contributed by atoms with Gasteiger partial charge in [-0.05, 0) is 44.0 Å². The summed E-state index contributed by atoms with van der Waals surface area (Å²) in [6.45, 7) is 6.16. The molecule has 0 bridgehead atoms. The zero-order chi connectivity index (χ0) is 11.3. The van der Waals surface area contributed by atoms with Crippen molar-refractivity contribution in [2.75, 3.05) is 0 Å². The highest BCUT2D eigenvalue weighted by Crippen LogP contribution is 2.30. The van der Waals surface area contributed by atoms with Crippen molar-refractivity contribution < 1.29 is 4.42 Å². The number of pyridine rings is 1. The predicted octanol–water partition coefficient (Wildman–Crippen LogP) is 3.91. The predicted molar refractivity (Wildman–Crippen MR) is 65.7 cm³/mol. The molecule has 80 valence electrons. The van der Waals surface area contributed by atoms with E-state index in [1.54, 1.807) is 0 Å². The molecule has 0 unspecified atom stereocenters. The molecule has 3 rings (SSSR count). The summed E-state index contributed by atoms with van der Waals surface area (Å²) in [5, 5.41) is 2.26. The molecule has 1 aromatic carbocycles. The van der Waals surface area contributed by atoms with Gasteiger partial charge in [-0.25, -0.2) is 4.98 Å². The number of hydrogen-bond acceptors (Lipinski definition) is 2. The van der Waals surface area contributed by atoms with Crippen LogP contribution < -0.4 is 0 Å². The standard InChI is InChI=1S/C14H13NO/c1-8-4-6-11-12-7-5-9(2)15-14(12)16-13(11)10(8)3/h4-7H,1-3H3. The number of benzene rings is 1. The van der Waals surface area contributed by atoms with Crippen LogP contribution in [0.1, 0.15) is 16.8 Å². The van der Waals surface area contributed by atoms with Crippen molar-refractivity contribution >= 4 is 22.1 Å². The molecule has 2 aromatic heterocycles. The van der Waals surface area contributed by atoms with E-state index in [4.69, 9.17) is 4.42 Å². The Kier molecular flexibility index (Phi) is 1.81. The highest BCUT2D eigenvalue weighted by molar-refractivity contribution is 6.04. The highest BCUT2D eigenvalue weighted by atomic mass is 16.3. The molecule has 0 aliphatic rings. The molecule has 0 aliphatic carbocycles. The normalized spacial score (nSPS) is 11.4. The third kappa shape index (κ3) is 1.16. The maximum atomic E-state index is 5.83. The summed E-state index contributed by atoms with van der Waals surface area (Å²) in [4.78, 5) is 4.42. The summed E-state index contributed by atoms with van der Waals surface area (Å²) in [5.74, 6) is 0. The molecule has 0 radical (unpaired) electrons. The number of nitrogens with zero attached hydrogens (tertiary/aromatic N) is 1. The van der Waals surface area contributed by atoms with Gasteiger partial charge in [-0.3, -0.25) is 0 Å². The molecule has 2 nitrogen and oxygen atoms in total. The van der Waals surface area contributed by atoms with E-state index in [0.29, 0.717) is 0 Å². The lowest BCUT2D eigenvalue weighted by molar-refractivity contribution is 0.649. The van der Waals surface area contributed by atoms with E-state index in [0.717, 1.165) is 27.8 Å². The minimum Gasteiger partial charge on any atom is -0.437 e. The molecule has 16 heavy (non-hydrogen) atoms. The van der Waals surface area contributed by atoms with E-state index < -0.39 is 0 Å². The zero-order valence-corrected chi connectivity index (χ0v) is 9.66. The van der Waals surface area contributed by atoms with E-state index >= 15 is 0 Å². The minimum absolute atomic E-state index is 0.740. The summed E-state index contributed by atoms with van der Waals surface area (Å²) >= 11 is 0. The van der Waals surface area contributed by atoms with Gasteiger partial charge >= 0.3 is 0 Å². The smallest absolute Gasteiger partial charge is 0.227 e. The molecule has 0 atom stereocenters. The second kappa shape index (κ2) is 3.08. The quantitative estimate of drug-likeness (QED) is 0.563. The van der Waals surface area contributed by atoms with E-state index in [9.17, 15) is 0 Å². The second-order valence-corrected chi connectivity index (χ2v) is 4.29. The van der Waals surface area contributed by atoms with Crippen molar-refractivity contribution in [3.05, 3.63) is 41.1 Å². The first-order chi connectivity index (χ1) is 7.66. The van der Waals surface area contributed by atoms with Crippen LogP contribution in [0, 0.1) is 20.8 Å². The van der Waals surface area contributed by atoms with Gasteiger partial charge in [0.2, 0.25) is 5.71 Å². The van der Waals surface area contributed by atoms with Crippen molar-refractivity contribution in [2.24, 2.45) is 0 Å².